The van der Waals surface area contributed by atoms with Crippen molar-refractivity contribution in [1.29, 1.82) is 0 Å². The van der Waals surface area contributed by atoms with Crippen LogP contribution < -0.4 is 10.7 Å². The highest BCUT2D eigenvalue weighted by Gasteiger charge is 2.24. The molecule has 0 bridgehead atoms. The zero-order valence-electron chi connectivity index (χ0n) is 15.6. The molecule has 1 aliphatic rings. The molecule has 1 atom stereocenters. The van der Waals surface area contributed by atoms with Crippen molar-refractivity contribution in [3.63, 3.8) is 0 Å². The van der Waals surface area contributed by atoms with Gasteiger partial charge < -0.3 is 9.88 Å². The van der Waals surface area contributed by atoms with Gasteiger partial charge in [0.15, 0.2) is 5.82 Å². The Labute approximate surface area is 165 Å². The van der Waals surface area contributed by atoms with Crippen molar-refractivity contribution >= 4 is 22.6 Å². The third-order valence-electron chi connectivity index (χ3n) is 5.33. The van der Waals surface area contributed by atoms with Gasteiger partial charge in [0, 0.05) is 29.3 Å². The fourth-order valence-electron chi connectivity index (χ4n) is 3.95. The Morgan fingerprint density at radius 3 is 2.90 bits per heavy atom. The molecule has 0 spiro atoms. The van der Waals surface area contributed by atoms with Crippen LogP contribution in [0.5, 0.6) is 0 Å². The molecule has 0 saturated carbocycles. The first-order chi connectivity index (χ1) is 14.0. The molecule has 7 heteroatoms. The third kappa shape index (κ3) is 2.82. The van der Waals surface area contributed by atoms with E-state index < -0.39 is 5.91 Å². The van der Waals surface area contributed by atoms with Gasteiger partial charge in [0.2, 0.25) is 5.43 Å². The molecule has 1 aliphatic heterocycles. The molecule has 144 valence electrons. The van der Waals surface area contributed by atoms with Crippen molar-refractivity contribution in [3.8, 4) is 11.3 Å². The van der Waals surface area contributed by atoms with Crippen molar-refractivity contribution < 1.29 is 9.18 Å². The molecule has 3 heterocycles. The van der Waals surface area contributed by atoms with Crippen LogP contribution >= 0.6 is 0 Å². The molecule has 2 aromatic heterocycles. The number of carbonyl (C=O) groups excluding carboxylic acids is 1. The summed E-state index contributed by atoms with van der Waals surface area (Å²) in [5, 5.41) is 10.0. The van der Waals surface area contributed by atoms with Gasteiger partial charge in [0.25, 0.3) is 5.91 Å². The van der Waals surface area contributed by atoms with Crippen LogP contribution in [0.25, 0.3) is 22.2 Å². The van der Waals surface area contributed by atoms with Gasteiger partial charge in [0.1, 0.15) is 11.4 Å². The SMILES string of the molecule is C[C@H]1Cc2cccc3c(=O)c(C(=O)Nc4cc(-c5cccc(F)c5)[nH]n4)cn1c23. The van der Waals surface area contributed by atoms with Crippen LogP contribution in [0.3, 0.4) is 0 Å². The highest BCUT2D eigenvalue weighted by molar-refractivity contribution is 6.05. The molecule has 6 nitrogen and oxygen atoms in total. The Bertz CT molecular complexity index is 1340. The summed E-state index contributed by atoms with van der Waals surface area (Å²) in [6.45, 7) is 2.06. The second-order valence-corrected chi connectivity index (χ2v) is 7.28. The second-order valence-electron chi connectivity index (χ2n) is 7.28. The van der Waals surface area contributed by atoms with Gasteiger partial charge in [-0.3, -0.25) is 14.7 Å². The van der Waals surface area contributed by atoms with Gasteiger partial charge in [-0.2, -0.15) is 5.10 Å². The number of aromatic amines is 1. The summed E-state index contributed by atoms with van der Waals surface area (Å²) in [7, 11) is 0. The van der Waals surface area contributed by atoms with E-state index in [0.717, 1.165) is 17.5 Å². The fourth-order valence-corrected chi connectivity index (χ4v) is 3.95. The predicted molar refractivity (Wildman–Crippen MR) is 109 cm³/mol. The quantitative estimate of drug-likeness (QED) is 0.559. The minimum absolute atomic E-state index is 0.0682. The van der Waals surface area contributed by atoms with Crippen molar-refractivity contribution in [2.45, 2.75) is 19.4 Å². The largest absolute Gasteiger partial charge is 0.343 e. The molecule has 0 radical (unpaired) electrons. The van der Waals surface area contributed by atoms with Crippen LogP contribution in [0.2, 0.25) is 0 Å². The van der Waals surface area contributed by atoms with Gasteiger partial charge in [-0.1, -0.05) is 24.3 Å². The number of hydrogen-bond acceptors (Lipinski definition) is 3. The van der Waals surface area contributed by atoms with Crippen molar-refractivity contribution in [2.24, 2.45) is 0 Å². The zero-order valence-corrected chi connectivity index (χ0v) is 15.6. The maximum absolute atomic E-state index is 13.4. The molecule has 0 saturated heterocycles. The second kappa shape index (κ2) is 6.41. The van der Waals surface area contributed by atoms with E-state index in [1.54, 1.807) is 30.5 Å². The Morgan fingerprint density at radius 1 is 1.24 bits per heavy atom. The molecule has 0 unspecified atom stereocenters. The van der Waals surface area contributed by atoms with E-state index in [9.17, 15) is 14.0 Å². The number of para-hydroxylation sites is 1. The van der Waals surface area contributed by atoms with Crippen LogP contribution in [-0.2, 0) is 6.42 Å². The first-order valence-corrected chi connectivity index (χ1v) is 9.31. The Kier molecular flexibility index (Phi) is 3.84. The fraction of sp³-hybridized carbons (Fsp3) is 0.136. The van der Waals surface area contributed by atoms with Crippen molar-refractivity contribution in [2.75, 3.05) is 5.32 Å². The summed E-state index contributed by atoms with van der Waals surface area (Å²) < 4.78 is 15.4. The number of pyridine rings is 1. The van der Waals surface area contributed by atoms with E-state index in [2.05, 4.69) is 22.4 Å². The minimum Gasteiger partial charge on any atom is -0.343 e. The van der Waals surface area contributed by atoms with Gasteiger partial charge in [-0.25, -0.2) is 4.39 Å². The lowest BCUT2D eigenvalue weighted by Crippen LogP contribution is -2.24. The first kappa shape index (κ1) is 17.4. The normalized spacial score (nSPS) is 15.0. The summed E-state index contributed by atoms with van der Waals surface area (Å²) in [4.78, 5) is 25.8. The molecule has 29 heavy (non-hydrogen) atoms. The number of carbonyl (C=O) groups is 1. The maximum Gasteiger partial charge on any atom is 0.262 e. The molecular weight excluding hydrogens is 371 g/mol. The number of rotatable bonds is 3. The van der Waals surface area contributed by atoms with Crippen molar-refractivity contribution in [3.05, 3.63) is 81.9 Å². The maximum atomic E-state index is 13.4. The zero-order chi connectivity index (χ0) is 20.1. The molecule has 2 N–H and O–H groups in total. The Hall–Kier alpha value is -3.74. The van der Waals surface area contributed by atoms with E-state index in [-0.39, 0.29) is 28.7 Å². The number of H-pyrrole nitrogens is 1. The number of benzene rings is 2. The lowest BCUT2D eigenvalue weighted by molar-refractivity contribution is 0.102. The molecular formula is C22H17FN4O2. The van der Waals surface area contributed by atoms with E-state index in [1.165, 1.54) is 12.1 Å². The summed E-state index contributed by atoms with van der Waals surface area (Å²) in [5.41, 5.74) is 2.95. The summed E-state index contributed by atoms with van der Waals surface area (Å²) in [6, 6.07) is 13.4. The number of anilines is 1. The molecule has 2 aromatic carbocycles. The van der Waals surface area contributed by atoms with Crippen LogP contribution in [0.4, 0.5) is 10.2 Å². The number of nitrogens with one attached hydrogen (secondary N) is 2. The highest BCUT2D eigenvalue weighted by Crippen LogP contribution is 2.31. The summed E-state index contributed by atoms with van der Waals surface area (Å²) >= 11 is 0. The van der Waals surface area contributed by atoms with E-state index in [0.29, 0.717) is 16.6 Å². The highest BCUT2D eigenvalue weighted by atomic mass is 19.1. The van der Waals surface area contributed by atoms with E-state index in [4.69, 9.17) is 0 Å². The minimum atomic E-state index is -0.526. The average molecular weight is 388 g/mol. The predicted octanol–water partition coefficient (Wildman–Crippen LogP) is 3.90. The monoisotopic (exact) mass is 388 g/mol. The lowest BCUT2D eigenvalue weighted by atomic mass is 10.1. The Balaban J connectivity index is 1.49. The topological polar surface area (TPSA) is 79.8 Å². The van der Waals surface area contributed by atoms with Crippen LogP contribution in [0.15, 0.2) is 59.5 Å². The average Bonchev–Trinajstić information content (AvgIpc) is 3.29. The van der Waals surface area contributed by atoms with Crippen molar-refractivity contribution in [1.82, 2.24) is 14.8 Å². The van der Waals surface area contributed by atoms with E-state index >= 15 is 0 Å². The van der Waals surface area contributed by atoms with Crippen LogP contribution in [-0.4, -0.2) is 20.7 Å². The third-order valence-corrected chi connectivity index (χ3v) is 5.33. The number of amides is 1. The lowest BCUT2D eigenvalue weighted by Gasteiger charge is -2.12. The molecule has 1 amide bonds. The number of halogens is 1. The number of aromatic nitrogens is 3. The summed E-state index contributed by atoms with van der Waals surface area (Å²) in [5.74, 6) is -0.627. The molecule has 0 aliphatic carbocycles. The molecule has 4 aromatic rings. The molecule has 0 fully saturated rings. The van der Waals surface area contributed by atoms with Gasteiger partial charge in [-0.05, 0) is 37.1 Å². The summed E-state index contributed by atoms with van der Waals surface area (Å²) in [6.07, 6.45) is 2.46. The number of nitrogens with zero attached hydrogens (tertiary/aromatic N) is 2. The Morgan fingerprint density at radius 2 is 2.07 bits per heavy atom. The number of hydrogen-bond donors (Lipinski definition) is 2. The van der Waals surface area contributed by atoms with Gasteiger partial charge in [-0.15, -0.1) is 0 Å². The first-order valence-electron chi connectivity index (χ1n) is 9.31. The van der Waals surface area contributed by atoms with E-state index in [1.807, 2.05) is 16.7 Å². The molecule has 5 rings (SSSR count). The smallest absolute Gasteiger partial charge is 0.262 e. The standard InChI is InChI=1S/C22H17FN4O2/c1-12-8-14-5-3-7-16-20(14)27(12)11-17(21(16)28)22(29)24-19-10-18(25-26-19)13-4-2-6-15(23)9-13/h2-7,9-12H,8H2,1H3,(H2,24,25,26,29)/t12-/m0/s1. The van der Waals surface area contributed by atoms with Crippen LogP contribution in [0.1, 0.15) is 28.9 Å². The van der Waals surface area contributed by atoms with Crippen LogP contribution in [0, 0.1) is 5.82 Å². The van der Waals surface area contributed by atoms with Gasteiger partial charge >= 0.3 is 0 Å². The van der Waals surface area contributed by atoms with Gasteiger partial charge in [0.05, 0.1) is 11.2 Å².